The number of esters is 1. The number of benzene rings is 1. The maximum atomic E-state index is 12.8. The molecule has 0 N–H and O–H groups in total. The van der Waals surface area contributed by atoms with E-state index in [1.54, 1.807) is 13.2 Å². The van der Waals surface area contributed by atoms with E-state index in [0.717, 1.165) is 5.56 Å². The summed E-state index contributed by atoms with van der Waals surface area (Å²) in [7, 11) is 0. The molecule has 4 heterocycles. The molecule has 2 saturated heterocycles. The van der Waals surface area contributed by atoms with Gasteiger partial charge in [0.15, 0.2) is 17.7 Å². The van der Waals surface area contributed by atoms with Gasteiger partial charge in [0.1, 0.15) is 35.0 Å². The van der Waals surface area contributed by atoms with Gasteiger partial charge in [-0.25, -0.2) is 14.3 Å². The summed E-state index contributed by atoms with van der Waals surface area (Å²) in [4.78, 5) is 17.1. The number of fused-ring (bicyclic) bond motifs is 2. The Kier molecular flexibility index (Phi) is 6.72. The number of thioether (sulfide) groups is 1. The van der Waals surface area contributed by atoms with Gasteiger partial charge >= 0.3 is 5.97 Å². The van der Waals surface area contributed by atoms with Gasteiger partial charge in [-0.05, 0) is 32.6 Å². The van der Waals surface area contributed by atoms with Crippen molar-refractivity contribution in [2.45, 2.75) is 62.8 Å². The van der Waals surface area contributed by atoms with E-state index < -0.39 is 36.4 Å². The monoisotopic (exact) mass is 510 g/mol. The van der Waals surface area contributed by atoms with Crippen molar-refractivity contribution < 1.29 is 28.5 Å². The molecule has 11 heteroatoms. The largest absolute Gasteiger partial charge is 0.462 e. The molecule has 0 saturated carbocycles. The van der Waals surface area contributed by atoms with Crippen LogP contribution in [0.4, 0.5) is 0 Å². The predicted octanol–water partition coefficient (Wildman–Crippen LogP) is 3.63. The number of hydrogen-bond acceptors (Lipinski definition) is 10. The molecule has 36 heavy (non-hydrogen) atoms. The van der Waals surface area contributed by atoms with E-state index in [9.17, 15) is 10.1 Å². The van der Waals surface area contributed by atoms with E-state index in [2.05, 4.69) is 16.2 Å². The fourth-order valence-electron chi connectivity index (χ4n) is 4.52. The summed E-state index contributed by atoms with van der Waals surface area (Å²) in [5, 5.41) is 15.0. The molecule has 2 aromatic heterocycles. The number of aromatic nitrogens is 3. The number of nitrogens with zero attached hydrogens (tertiary/aromatic N) is 4. The van der Waals surface area contributed by atoms with Gasteiger partial charge in [0.05, 0.1) is 24.5 Å². The fourth-order valence-corrected chi connectivity index (χ4v) is 5.06. The number of ether oxygens (including phenoxy) is 5. The van der Waals surface area contributed by atoms with Crippen LogP contribution in [-0.2, 0) is 30.3 Å². The van der Waals surface area contributed by atoms with Gasteiger partial charge in [-0.3, -0.25) is 0 Å². The van der Waals surface area contributed by atoms with Gasteiger partial charge < -0.3 is 23.7 Å². The Labute approximate surface area is 212 Å². The fraction of sp³-hybridized carbons (Fsp3) is 0.440. The van der Waals surface area contributed by atoms with Gasteiger partial charge in [-0.2, -0.15) is 10.4 Å². The quantitative estimate of drug-likeness (QED) is 0.344. The first kappa shape index (κ1) is 24.7. The SMILES string of the molecule is CCOC(=O)c1c(SC)nn2c([C@H]3O[C@@H]4OC(C)(C)O[C@@H]4[C@H]3OCc3ccccc3)c(C#N)cnc12. The molecule has 3 aromatic rings. The van der Waals surface area contributed by atoms with Crippen LogP contribution in [-0.4, -0.2) is 57.7 Å². The lowest BCUT2D eigenvalue weighted by Crippen LogP contribution is -2.34. The highest BCUT2D eigenvalue weighted by molar-refractivity contribution is 7.98. The molecule has 10 nitrogen and oxygen atoms in total. The number of hydrogen-bond donors (Lipinski definition) is 0. The molecule has 188 valence electrons. The molecule has 0 aliphatic carbocycles. The maximum absolute atomic E-state index is 12.8. The van der Waals surface area contributed by atoms with E-state index in [0.29, 0.717) is 17.3 Å². The zero-order chi connectivity index (χ0) is 25.4. The average molecular weight is 511 g/mol. The summed E-state index contributed by atoms with van der Waals surface area (Å²) in [6.07, 6.45) is 0.578. The maximum Gasteiger partial charge on any atom is 0.344 e. The number of rotatable bonds is 7. The highest BCUT2D eigenvalue weighted by atomic mass is 32.2. The van der Waals surface area contributed by atoms with Gasteiger partial charge in [0.25, 0.3) is 0 Å². The minimum absolute atomic E-state index is 0.210. The molecule has 5 rings (SSSR count). The lowest BCUT2D eigenvalue weighted by molar-refractivity contribution is -0.221. The normalized spacial score (nSPS) is 24.5. The molecule has 0 bridgehead atoms. The zero-order valence-electron chi connectivity index (χ0n) is 20.3. The van der Waals surface area contributed by atoms with Crippen LogP contribution in [0, 0.1) is 11.3 Å². The van der Waals surface area contributed by atoms with Crippen molar-refractivity contribution >= 4 is 23.4 Å². The summed E-state index contributed by atoms with van der Waals surface area (Å²) in [6, 6.07) is 11.9. The summed E-state index contributed by atoms with van der Waals surface area (Å²) in [6.45, 7) is 5.87. The van der Waals surface area contributed by atoms with Crippen molar-refractivity contribution in [2.75, 3.05) is 12.9 Å². The molecular formula is C25H26N4O6S. The van der Waals surface area contributed by atoms with Crippen LogP contribution in [0.2, 0.25) is 0 Å². The summed E-state index contributed by atoms with van der Waals surface area (Å²) in [5.41, 5.74) is 2.14. The predicted molar refractivity (Wildman–Crippen MR) is 128 cm³/mol. The van der Waals surface area contributed by atoms with Crippen LogP contribution in [0.1, 0.15) is 54.1 Å². The summed E-state index contributed by atoms with van der Waals surface area (Å²) < 4.78 is 31.5. The smallest absolute Gasteiger partial charge is 0.344 e. The third-order valence-electron chi connectivity index (χ3n) is 5.99. The van der Waals surface area contributed by atoms with E-state index in [1.807, 2.05) is 44.2 Å². The van der Waals surface area contributed by atoms with Gasteiger partial charge in [-0.15, -0.1) is 11.8 Å². The van der Waals surface area contributed by atoms with Crippen LogP contribution in [0.25, 0.3) is 5.65 Å². The number of nitriles is 1. The van der Waals surface area contributed by atoms with E-state index in [1.165, 1.54) is 22.5 Å². The molecular weight excluding hydrogens is 484 g/mol. The second kappa shape index (κ2) is 9.80. The second-order valence-electron chi connectivity index (χ2n) is 8.80. The molecule has 1 aromatic carbocycles. The summed E-state index contributed by atoms with van der Waals surface area (Å²) >= 11 is 1.29. The van der Waals surface area contributed by atoms with Crippen LogP contribution < -0.4 is 0 Å². The van der Waals surface area contributed by atoms with Crippen molar-refractivity contribution in [3.05, 3.63) is 58.9 Å². The molecule has 0 radical (unpaired) electrons. The second-order valence-corrected chi connectivity index (χ2v) is 9.59. The Morgan fingerprint density at radius 2 is 2.06 bits per heavy atom. The third-order valence-corrected chi connectivity index (χ3v) is 6.66. The van der Waals surface area contributed by atoms with E-state index in [4.69, 9.17) is 23.7 Å². The lowest BCUT2D eigenvalue weighted by atomic mass is 10.0. The number of carbonyl (C=O) groups is 1. The highest BCUT2D eigenvalue weighted by Gasteiger charge is 2.57. The Balaban J connectivity index is 1.60. The van der Waals surface area contributed by atoms with E-state index >= 15 is 0 Å². The Morgan fingerprint density at radius 1 is 1.28 bits per heavy atom. The van der Waals surface area contributed by atoms with Crippen molar-refractivity contribution in [3.63, 3.8) is 0 Å². The van der Waals surface area contributed by atoms with Crippen LogP contribution >= 0.6 is 11.8 Å². The van der Waals surface area contributed by atoms with Crippen LogP contribution in [0.5, 0.6) is 0 Å². The molecule has 2 fully saturated rings. The van der Waals surface area contributed by atoms with Crippen molar-refractivity contribution in [3.8, 4) is 6.07 Å². The first-order valence-electron chi connectivity index (χ1n) is 11.6. The lowest BCUT2D eigenvalue weighted by Gasteiger charge is -2.26. The molecule has 0 unspecified atom stereocenters. The Bertz CT molecular complexity index is 1320. The number of carbonyl (C=O) groups excluding carboxylic acids is 1. The topological polar surface area (TPSA) is 117 Å². The first-order chi connectivity index (χ1) is 17.4. The van der Waals surface area contributed by atoms with Crippen molar-refractivity contribution in [1.29, 1.82) is 5.26 Å². The Hall–Kier alpha value is -3.01. The highest BCUT2D eigenvalue weighted by Crippen LogP contribution is 2.45. The van der Waals surface area contributed by atoms with Crippen molar-refractivity contribution in [2.24, 2.45) is 0 Å². The minimum Gasteiger partial charge on any atom is -0.462 e. The van der Waals surface area contributed by atoms with Crippen molar-refractivity contribution in [1.82, 2.24) is 14.6 Å². The zero-order valence-corrected chi connectivity index (χ0v) is 21.2. The Morgan fingerprint density at radius 3 is 2.75 bits per heavy atom. The van der Waals surface area contributed by atoms with Crippen LogP contribution in [0.3, 0.4) is 0 Å². The van der Waals surface area contributed by atoms with Crippen LogP contribution in [0.15, 0.2) is 41.6 Å². The molecule has 2 aliphatic rings. The molecule has 2 aliphatic heterocycles. The molecule has 4 atom stereocenters. The molecule has 0 amide bonds. The first-order valence-corrected chi connectivity index (χ1v) is 12.8. The average Bonchev–Trinajstić information content (AvgIpc) is 3.49. The van der Waals surface area contributed by atoms with Gasteiger partial charge in [0.2, 0.25) is 0 Å². The minimum atomic E-state index is -0.852. The summed E-state index contributed by atoms with van der Waals surface area (Å²) in [5.74, 6) is -1.38. The molecule has 0 spiro atoms. The van der Waals surface area contributed by atoms with Gasteiger partial charge in [-0.1, -0.05) is 30.3 Å². The van der Waals surface area contributed by atoms with Gasteiger partial charge in [0, 0.05) is 6.20 Å². The van der Waals surface area contributed by atoms with E-state index in [-0.39, 0.29) is 23.4 Å². The standard InChI is InChI=1S/C25H26N4O6S/c1-5-31-23(30)16-21-27-12-15(11-26)17(29(21)28-22(16)36-4)18-19(32-13-14-9-7-6-8-10-14)20-24(33-18)35-25(2,3)34-20/h6-10,12,18-20,24H,5,13H2,1-4H3/t18-,19+,20-,24-/m1/s1. The third kappa shape index (κ3) is 4.36.